The highest BCUT2D eigenvalue weighted by Gasteiger charge is 2.29. The number of aliphatic hydroxyl groups is 1. The van der Waals surface area contributed by atoms with E-state index in [9.17, 15) is 4.79 Å². The Morgan fingerprint density at radius 3 is 2.56 bits per heavy atom. The first-order valence-electron chi connectivity index (χ1n) is 5.74. The molecule has 0 aliphatic heterocycles. The molecule has 1 aromatic carbocycles. The van der Waals surface area contributed by atoms with Crippen molar-refractivity contribution in [1.82, 2.24) is 4.90 Å². The van der Waals surface area contributed by atoms with E-state index in [1.54, 1.807) is 0 Å². The molecule has 0 radical (unpaired) electrons. The Bertz CT molecular complexity index is 346. The largest absolute Gasteiger partial charge is 0.395 e. The van der Waals surface area contributed by atoms with E-state index in [0.29, 0.717) is 19.1 Å². The van der Waals surface area contributed by atoms with Gasteiger partial charge in [-0.05, 0) is 12.8 Å². The number of carbonyl (C=O) groups excluding carboxylic acids is 1. The fourth-order valence-electron chi connectivity index (χ4n) is 1.86. The van der Waals surface area contributed by atoms with Crippen LogP contribution in [0.25, 0.3) is 0 Å². The summed E-state index contributed by atoms with van der Waals surface area (Å²) < 4.78 is 0. The Labute approximate surface area is 95.7 Å². The molecule has 0 aromatic heterocycles. The normalized spacial score (nSPS) is 15.4. The minimum atomic E-state index is 0.124. The number of rotatable bonds is 6. The van der Waals surface area contributed by atoms with E-state index in [1.165, 1.54) is 0 Å². The van der Waals surface area contributed by atoms with Crippen LogP contribution in [-0.2, 0) is 0 Å². The Morgan fingerprint density at radius 2 is 2.00 bits per heavy atom. The zero-order valence-electron chi connectivity index (χ0n) is 9.30. The van der Waals surface area contributed by atoms with Crippen LogP contribution in [0.3, 0.4) is 0 Å². The summed E-state index contributed by atoms with van der Waals surface area (Å²) >= 11 is 0. The molecule has 0 saturated heterocycles. The van der Waals surface area contributed by atoms with Gasteiger partial charge < -0.3 is 5.11 Å². The summed E-state index contributed by atoms with van der Waals surface area (Å²) in [6.07, 6.45) is 2.31. The van der Waals surface area contributed by atoms with Gasteiger partial charge in [-0.2, -0.15) is 0 Å². The van der Waals surface area contributed by atoms with E-state index in [0.717, 1.165) is 18.4 Å². The molecule has 0 bridgehead atoms. The number of carbonyl (C=O) groups is 1. The molecule has 0 unspecified atom stereocenters. The number of hydrogen-bond acceptors (Lipinski definition) is 3. The molecular formula is C13H17NO2. The minimum absolute atomic E-state index is 0.124. The van der Waals surface area contributed by atoms with Crippen LogP contribution in [0.15, 0.2) is 30.3 Å². The third kappa shape index (κ3) is 2.90. The van der Waals surface area contributed by atoms with Gasteiger partial charge in [0.15, 0.2) is 5.78 Å². The SMILES string of the molecule is O=C(CN(CCO)C1CC1)c1ccccc1. The molecule has 1 saturated carbocycles. The lowest BCUT2D eigenvalue weighted by atomic mass is 10.1. The third-order valence-corrected chi connectivity index (χ3v) is 2.89. The maximum Gasteiger partial charge on any atom is 0.176 e. The minimum Gasteiger partial charge on any atom is -0.395 e. The second-order valence-corrected chi connectivity index (χ2v) is 4.21. The lowest BCUT2D eigenvalue weighted by Crippen LogP contribution is -2.34. The summed E-state index contributed by atoms with van der Waals surface area (Å²) in [7, 11) is 0. The molecular weight excluding hydrogens is 202 g/mol. The smallest absolute Gasteiger partial charge is 0.176 e. The van der Waals surface area contributed by atoms with Crippen LogP contribution in [0.5, 0.6) is 0 Å². The molecule has 2 rings (SSSR count). The number of nitrogens with zero attached hydrogens (tertiary/aromatic N) is 1. The molecule has 1 aliphatic carbocycles. The van der Waals surface area contributed by atoms with Crippen molar-refractivity contribution in [3.8, 4) is 0 Å². The number of hydrogen-bond donors (Lipinski definition) is 1. The van der Waals surface area contributed by atoms with Gasteiger partial charge in [0.25, 0.3) is 0 Å². The first-order chi connectivity index (χ1) is 7.81. The molecule has 0 atom stereocenters. The van der Waals surface area contributed by atoms with E-state index >= 15 is 0 Å². The molecule has 16 heavy (non-hydrogen) atoms. The highest BCUT2D eigenvalue weighted by atomic mass is 16.3. The fourth-order valence-corrected chi connectivity index (χ4v) is 1.86. The van der Waals surface area contributed by atoms with Crippen molar-refractivity contribution in [3.05, 3.63) is 35.9 Å². The number of benzene rings is 1. The van der Waals surface area contributed by atoms with Crippen molar-refractivity contribution < 1.29 is 9.90 Å². The van der Waals surface area contributed by atoms with Crippen molar-refractivity contribution in [1.29, 1.82) is 0 Å². The summed E-state index contributed by atoms with van der Waals surface area (Å²) in [4.78, 5) is 14.0. The van der Waals surface area contributed by atoms with Crippen LogP contribution in [0.2, 0.25) is 0 Å². The van der Waals surface area contributed by atoms with E-state index in [-0.39, 0.29) is 12.4 Å². The van der Waals surface area contributed by atoms with E-state index < -0.39 is 0 Å². The molecule has 86 valence electrons. The van der Waals surface area contributed by atoms with Crippen LogP contribution < -0.4 is 0 Å². The lowest BCUT2D eigenvalue weighted by molar-refractivity contribution is 0.0907. The number of Topliss-reactive ketones (excluding diaryl/α,β-unsaturated/α-hetero) is 1. The molecule has 0 spiro atoms. The van der Waals surface area contributed by atoms with Crippen LogP contribution in [0.1, 0.15) is 23.2 Å². The average molecular weight is 219 g/mol. The van der Waals surface area contributed by atoms with Gasteiger partial charge in [-0.3, -0.25) is 9.69 Å². The summed E-state index contributed by atoms with van der Waals surface area (Å²) in [6, 6.07) is 9.85. The second kappa shape index (κ2) is 5.23. The summed E-state index contributed by atoms with van der Waals surface area (Å²) in [6.45, 7) is 1.15. The van der Waals surface area contributed by atoms with Crippen LogP contribution in [-0.4, -0.2) is 41.5 Å². The van der Waals surface area contributed by atoms with Crippen molar-refractivity contribution >= 4 is 5.78 Å². The standard InChI is InChI=1S/C13H17NO2/c15-9-8-14(12-6-7-12)10-13(16)11-4-2-1-3-5-11/h1-5,12,15H,6-10H2. The predicted molar refractivity (Wildman–Crippen MR) is 62.5 cm³/mol. The summed E-state index contributed by atoms with van der Waals surface area (Å²) in [5.41, 5.74) is 0.756. The van der Waals surface area contributed by atoms with Gasteiger partial charge >= 0.3 is 0 Å². The molecule has 1 aliphatic rings. The topological polar surface area (TPSA) is 40.5 Å². The lowest BCUT2D eigenvalue weighted by Gasteiger charge is -2.19. The fraction of sp³-hybridized carbons (Fsp3) is 0.462. The van der Waals surface area contributed by atoms with Crippen LogP contribution in [0, 0.1) is 0 Å². The Morgan fingerprint density at radius 1 is 1.31 bits per heavy atom. The summed E-state index contributed by atoms with van der Waals surface area (Å²) in [5, 5.41) is 8.94. The quantitative estimate of drug-likeness (QED) is 0.734. The Hall–Kier alpha value is -1.19. The predicted octanol–water partition coefficient (Wildman–Crippen LogP) is 1.33. The second-order valence-electron chi connectivity index (χ2n) is 4.21. The van der Waals surface area contributed by atoms with E-state index in [1.807, 2.05) is 30.3 Å². The first kappa shape index (κ1) is 11.3. The van der Waals surface area contributed by atoms with Crippen molar-refractivity contribution in [2.45, 2.75) is 18.9 Å². The summed E-state index contributed by atoms with van der Waals surface area (Å²) in [5.74, 6) is 0.140. The van der Waals surface area contributed by atoms with Crippen LogP contribution in [0.4, 0.5) is 0 Å². The van der Waals surface area contributed by atoms with Gasteiger partial charge in [-0.25, -0.2) is 0 Å². The molecule has 3 nitrogen and oxygen atoms in total. The highest BCUT2D eigenvalue weighted by molar-refractivity contribution is 5.97. The average Bonchev–Trinajstić information content (AvgIpc) is 3.13. The van der Waals surface area contributed by atoms with Crippen molar-refractivity contribution in [3.63, 3.8) is 0 Å². The monoisotopic (exact) mass is 219 g/mol. The van der Waals surface area contributed by atoms with Gasteiger partial charge in [0, 0.05) is 18.2 Å². The van der Waals surface area contributed by atoms with Gasteiger partial charge in [-0.15, -0.1) is 0 Å². The molecule has 1 aromatic rings. The molecule has 0 heterocycles. The van der Waals surface area contributed by atoms with Crippen molar-refractivity contribution in [2.24, 2.45) is 0 Å². The van der Waals surface area contributed by atoms with Gasteiger partial charge in [0.05, 0.1) is 13.2 Å². The molecule has 0 amide bonds. The molecule has 1 fully saturated rings. The third-order valence-electron chi connectivity index (χ3n) is 2.89. The zero-order chi connectivity index (χ0) is 11.4. The zero-order valence-corrected chi connectivity index (χ0v) is 9.30. The molecule has 1 N–H and O–H groups in total. The number of aliphatic hydroxyl groups excluding tert-OH is 1. The van der Waals surface area contributed by atoms with Crippen molar-refractivity contribution in [2.75, 3.05) is 19.7 Å². The van der Waals surface area contributed by atoms with E-state index in [4.69, 9.17) is 5.11 Å². The van der Waals surface area contributed by atoms with Gasteiger partial charge in [-0.1, -0.05) is 30.3 Å². The first-order valence-corrected chi connectivity index (χ1v) is 5.74. The number of ketones is 1. The van der Waals surface area contributed by atoms with E-state index in [2.05, 4.69) is 4.90 Å². The maximum atomic E-state index is 11.9. The molecule has 3 heteroatoms. The Balaban J connectivity index is 1.95. The van der Waals surface area contributed by atoms with Gasteiger partial charge in [0.1, 0.15) is 0 Å². The maximum absolute atomic E-state index is 11.9. The highest BCUT2D eigenvalue weighted by Crippen LogP contribution is 2.26. The van der Waals surface area contributed by atoms with Crippen LogP contribution >= 0.6 is 0 Å². The van der Waals surface area contributed by atoms with Gasteiger partial charge in [0.2, 0.25) is 0 Å². The Kier molecular flexibility index (Phi) is 3.70.